The Hall–Kier alpha value is -2.08. The summed E-state index contributed by atoms with van der Waals surface area (Å²) in [7, 11) is 0. The zero-order chi connectivity index (χ0) is 19.1. The molecule has 0 bridgehead atoms. The van der Waals surface area contributed by atoms with Gasteiger partial charge in [-0.3, -0.25) is 14.5 Å². The van der Waals surface area contributed by atoms with E-state index in [0.717, 1.165) is 50.1 Å². The lowest BCUT2D eigenvalue weighted by molar-refractivity contribution is -0.142. The first-order chi connectivity index (χ1) is 13.1. The average Bonchev–Trinajstić information content (AvgIpc) is 2.91. The number of likely N-dealkylation sites (tertiary alicyclic amines) is 1. The molecule has 6 nitrogen and oxygen atoms in total. The standard InChI is InChI=1S/C21H31N3O3/c25-20(15-24-12-3-1-2-4-13-24)23-19-7-5-6-18(14-19)22-17-10-8-16(9-11-17)21(26)27/h5-7,14,16-17,22H,1-4,8-13,15H2,(H,23,25)(H,26,27). The van der Waals surface area contributed by atoms with Crippen molar-refractivity contribution in [2.24, 2.45) is 5.92 Å². The molecule has 2 aliphatic rings. The van der Waals surface area contributed by atoms with Crippen LogP contribution in [-0.4, -0.2) is 47.6 Å². The summed E-state index contributed by atoms with van der Waals surface area (Å²) in [6.07, 6.45) is 8.05. The first kappa shape index (κ1) is 19.7. The average molecular weight is 373 g/mol. The van der Waals surface area contributed by atoms with E-state index in [2.05, 4.69) is 15.5 Å². The van der Waals surface area contributed by atoms with Gasteiger partial charge in [0.15, 0.2) is 0 Å². The molecule has 0 spiro atoms. The van der Waals surface area contributed by atoms with Crippen LogP contribution in [0.15, 0.2) is 24.3 Å². The molecule has 27 heavy (non-hydrogen) atoms. The molecule has 1 aromatic carbocycles. The van der Waals surface area contributed by atoms with Gasteiger partial charge in [-0.1, -0.05) is 18.9 Å². The Kier molecular flexibility index (Phi) is 7.10. The monoisotopic (exact) mass is 373 g/mol. The third-order valence-electron chi connectivity index (χ3n) is 5.66. The highest BCUT2D eigenvalue weighted by Crippen LogP contribution is 2.27. The van der Waals surface area contributed by atoms with Gasteiger partial charge in [-0.2, -0.15) is 0 Å². The first-order valence-electron chi connectivity index (χ1n) is 10.2. The van der Waals surface area contributed by atoms with Crippen LogP contribution in [0.5, 0.6) is 0 Å². The Morgan fingerprint density at radius 3 is 2.33 bits per heavy atom. The van der Waals surface area contributed by atoms with Gasteiger partial charge in [-0.05, 0) is 69.8 Å². The Bertz CT molecular complexity index is 633. The lowest BCUT2D eigenvalue weighted by Gasteiger charge is -2.27. The molecule has 1 aliphatic carbocycles. The highest BCUT2D eigenvalue weighted by Gasteiger charge is 2.25. The van der Waals surface area contributed by atoms with Crippen LogP contribution < -0.4 is 10.6 Å². The van der Waals surface area contributed by atoms with Gasteiger partial charge < -0.3 is 15.7 Å². The van der Waals surface area contributed by atoms with Gasteiger partial charge in [0.2, 0.25) is 5.91 Å². The fourth-order valence-electron chi connectivity index (χ4n) is 4.11. The molecule has 3 rings (SSSR count). The maximum atomic E-state index is 12.4. The third kappa shape index (κ3) is 6.24. The molecule has 148 valence electrons. The Labute approximate surface area is 161 Å². The second kappa shape index (κ2) is 9.74. The molecule has 0 radical (unpaired) electrons. The molecule has 1 amide bonds. The van der Waals surface area contributed by atoms with Crippen LogP contribution in [0.3, 0.4) is 0 Å². The van der Waals surface area contributed by atoms with Gasteiger partial charge in [0.1, 0.15) is 0 Å². The summed E-state index contributed by atoms with van der Waals surface area (Å²) in [6, 6.07) is 8.10. The summed E-state index contributed by atoms with van der Waals surface area (Å²) in [5.41, 5.74) is 1.78. The van der Waals surface area contributed by atoms with Crippen molar-refractivity contribution in [3.05, 3.63) is 24.3 Å². The van der Waals surface area contributed by atoms with Crippen molar-refractivity contribution < 1.29 is 14.7 Å². The first-order valence-corrected chi connectivity index (χ1v) is 10.2. The van der Waals surface area contributed by atoms with E-state index >= 15 is 0 Å². The van der Waals surface area contributed by atoms with E-state index in [1.54, 1.807) is 0 Å². The second-order valence-corrected chi connectivity index (χ2v) is 7.85. The highest BCUT2D eigenvalue weighted by atomic mass is 16.4. The molecular weight excluding hydrogens is 342 g/mol. The molecule has 1 heterocycles. The number of anilines is 2. The van der Waals surface area contributed by atoms with E-state index in [4.69, 9.17) is 5.11 Å². The van der Waals surface area contributed by atoms with Crippen LogP contribution in [0.25, 0.3) is 0 Å². The number of rotatable bonds is 6. The van der Waals surface area contributed by atoms with E-state index < -0.39 is 5.97 Å². The molecule has 1 saturated heterocycles. The minimum atomic E-state index is -0.678. The smallest absolute Gasteiger partial charge is 0.306 e. The van der Waals surface area contributed by atoms with Crippen molar-refractivity contribution >= 4 is 23.3 Å². The summed E-state index contributed by atoms with van der Waals surface area (Å²) in [4.78, 5) is 25.7. The van der Waals surface area contributed by atoms with Gasteiger partial charge in [0.25, 0.3) is 0 Å². The molecular formula is C21H31N3O3. The van der Waals surface area contributed by atoms with Crippen molar-refractivity contribution in [1.29, 1.82) is 0 Å². The van der Waals surface area contributed by atoms with Crippen molar-refractivity contribution in [3.8, 4) is 0 Å². The SMILES string of the molecule is O=C(CN1CCCCCC1)Nc1cccc(NC2CCC(C(=O)O)CC2)c1. The molecule has 3 N–H and O–H groups in total. The van der Waals surface area contributed by atoms with Crippen LogP contribution in [0, 0.1) is 5.92 Å². The Balaban J connectivity index is 1.48. The topological polar surface area (TPSA) is 81.7 Å². The van der Waals surface area contributed by atoms with Crippen molar-refractivity contribution in [2.75, 3.05) is 30.3 Å². The summed E-state index contributed by atoms with van der Waals surface area (Å²) in [5, 5.41) is 15.6. The van der Waals surface area contributed by atoms with Crippen LogP contribution in [0.1, 0.15) is 51.4 Å². The fraction of sp³-hybridized carbons (Fsp3) is 0.619. The van der Waals surface area contributed by atoms with Gasteiger partial charge in [-0.15, -0.1) is 0 Å². The third-order valence-corrected chi connectivity index (χ3v) is 5.66. The maximum absolute atomic E-state index is 12.4. The van der Waals surface area contributed by atoms with Crippen molar-refractivity contribution in [1.82, 2.24) is 4.90 Å². The molecule has 0 unspecified atom stereocenters. The number of aliphatic carboxylic acids is 1. The molecule has 1 saturated carbocycles. The predicted molar refractivity (Wildman–Crippen MR) is 107 cm³/mol. The van der Waals surface area contributed by atoms with E-state index in [1.807, 2.05) is 24.3 Å². The number of nitrogens with one attached hydrogen (secondary N) is 2. The second-order valence-electron chi connectivity index (χ2n) is 7.85. The lowest BCUT2D eigenvalue weighted by atomic mass is 9.86. The number of carbonyl (C=O) groups excluding carboxylic acids is 1. The number of nitrogens with zero attached hydrogens (tertiary/aromatic N) is 1. The van der Waals surface area contributed by atoms with Crippen LogP contribution >= 0.6 is 0 Å². The summed E-state index contributed by atoms with van der Waals surface area (Å²) in [6.45, 7) is 2.47. The summed E-state index contributed by atoms with van der Waals surface area (Å²) >= 11 is 0. The number of carbonyl (C=O) groups is 2. The molecule has 6 heteroatoms. The normalized spacial score (nSPS) is 24.0. The summed E-state index contributed by atoms with van der Waals surface area (Å²) in [5.74, 6) is -0.841. The minimum Gasteiger partial charge on any atom is -0.481 e. The Morgan fingerprint density at radius 2 is 1.67 bits per heavy atom. The molecule has 1 aliphatic heterocycles. The largest absolute Gasteiger partial charge is 0.481 e. The van der Waals surface area contributed by atoms with Gasteiger partial charge in [0.05, 0.1) is 12.5 Å². The van der Waals surface area contributed by atoms with Gasteiger partial charge in [0, 0.05) is 17.4 Å². The fourth-order valence-corrected chi connectivity index (χ4v) is 4.11. The lowest BCUT2D eigenvalue weighted by Crippen LogP contribution is -2.34. The van der Waals surface area contributed by atoms with Gasteiger partial charge in [-0.25, -0.2) is 0 Å². The molecule has 0 atom stereocenters. The maximum Gasteiger partial charge on any atom is 0.306 e. The van der Waals surface area contributed by atoms with E-state index in [9.17, 15) is 9.59 Å². The van der Waals surface area contributed by atoms with Gasteiger partial charge >= 0.3 is 5.97 Å². The number of benzene rings is 1. The van der Waals surface area contributed by atoms with E-state index in [-0.39, 0.29) is 11.8 Å². The minimum absolute atomic E-state index is 0.0380. The summed E-state index contributed by atoms with van der Waals surface area (Å²) < 4.78 is 0. The quantitative estimate of drug-likeness (QED) is 0.710. The highest BCUT2D eigenvalue weighted by molar-refractivity contribution is 5.92. The number of amides is 1. The zero-order valence-corrected chi connectivity index (χ0v) is 16.0. The number of hydrogen-bond donors (Lipinski definition) is 3. The molecule has 0 aromatic heterocycles. The number of carboxylic acids is 1. The zero-order valence-electron chi connectivity index (χ0n) is 16.0. The Morgan fingerprint density at radius 1 is 1.00 bits per heavy atom. The van der Waals surface area contributed by atoms with Crippen LogP contribution in [0.4, 0.5) is 11.4 Å². The predicted octanol–water partition coefficient (Wildman–Crippen LogP) is 3.56. The van der Waals surface area contributed by atoms with Crippen LogP contribution in [0.2, 0.25) is 0 Å². The van der Waals surface area contributed by atoms with E-state index in [1.165, 1.54) is 25.7 Å². The molecule has 2 fully saturated rings. The molecule has 1 aromatic rings. The van der Waals surface area contributed by atoms with Crippen molar-refractivity contribution in [3.63, 3.8) is 0 Å². The van der Waals surface area contributed by atoms with Crippen LogP contribution in [-0.2, 0) is 9.59 Å². The number of hydrogen-bond acceptors (Lipinski definition) is 4. The van der Waals surface area contributed by atoms with E-state index in [0.29, 0.717) is 12.6 Å². The van der Waals surface area contributed by atoms with Crippen molar-refractivity contribution in [2.45, 2.75) is 57.4 Å². The number of carboxylic acid groups (broad SMARTS) is 1.